The summed E-state index contributed by atoms with van der Waals surface area (Å²) in [6.07, 6.45) is 1.90. The van der Waals surface area contributed by atoms with E-state index in [1.807, 2.05) is 45.5 Å². The van der Waals surface area contributed by atoms with Gasteiger partial charge in [-0.15, -0.1) is 0 Å². The Morgan fingerprint density at radius 1 is 1.40 bits per heavy atom. The molecule has 0 radical (unpaired) electrons. The summed E-state index contributed by atoms with van der Waals surface area (Å²) < 4.78 is 1.85. The molecule has 1 aromatic heterocycles. The number of aromatic nitrogens is 2. The first-order chi connectivity index (χ1) is 11.5. The molecule has 1 aromatic carbocycles. The Morgan fingerprint density at radius 2 is 2.04 bits per heavy atom. The van der Waals surface area contributed by atoms with Crippen LogP contribution >= 0.6 is 0 Å². The van der Waals surface area contributed by atoms with Gasteiger partial charge in [-0.3, -0.25) is 19.6 Å². The van der Waals surface area contributed by atoms with Gasteiger partial charge in [0, 0.05) is 29.6 Å². The van der Waals surface area contributed by atoms with E-state index < -0.39 is 10.8 Å². The Morgan fingerprint density at radius 3 is 2.56 bits per heavy atom. The van der Waals surface area contributed by atoms with E-state index >= 15 is 0 Å². The molecule has 2 rings (SSSR count). The first kappa shape index (κ1) is 18.4. The van der Waals surface area contributed by atoms with Crippen LogP contribution in [0, 0.1) is 17.0 Å². The molecule has 1 atom stereocenters. The highest BCUT2D eigenvalue weighted by Gasteiger charge is 2.22. The maximum atomic E-state index is 12.5. The van der Waals surface area contributed by atoms with Gasteiger partial charge in [-0.25, -0.2) is 0 Å². The summed E-state index contributed by atoms with van der Waals surface area (Å²) in [6, 6.07) is 3.50. The number of hydrogen-bond acceptors (Lipinski definition) is 5. The number of non-ortho nitro benzene ring substituents is 1. The van der Waals surface area contributed by atoms with Crippen LogP contribution in [0.3, 0.4) is 0 Å². The number of aryl methyl sites for hydroxylation is 1. The Kier molecular flexibility index (Phi) is 4.82. The number of benzene rings is 1. The van der Waals surface area contributed by atoms with Gasteiger partial charge in [0.15, 0.2) is 0 Å². The molecule has 25 heavy (non-hydrogen) atoms. The topological polar surface area (TPSA) is 116 Å². The third-order valence-electron chi connectivity index (χ3n) is 3.93. The summed E-state index contributed by atoms with van der Waals surface area (Å²) in [4.78, 5) is 22.8. The molecule has 0 aliphatic rings. The lowest BCUT2D eigenvalue weighted by Gasteiger charge is -2.19. The van der Waals surface area contributed by atoms with Crippen molar-refractivity contribution in [1.82, 2.24) is 15.1 Å². The van der Waals surface area contributed by atoms with Crippen molar-refractivity contribution in [1.29, 1.82) is 0 Å². The highest BCUT2D eigenvalue weighted by molar-refractivity contribution is 6.00. The number of nitro groups is 1. The van der Waals surface area contributed by atoms with Crippen LogP contribution < -0.4 is 11.1 Å². The second kappa shape index (κ2) is 6.54. The van der Waals surface area contributed by atoms with Crippen LogP contribution in [0.15, 0.2) is 24.4 Å². The monoisotopic (exact) mass is 345 g/mol. The van der Waals surface area contributed by atoms with Crippen LogP contribution in [-0.2, 0) is 5.54 Å². The van der Waals surface area contributed by atoms with E-state index in [0.29, 0.717) is 0 Å². The highest BCUT2D eigenvalue weighted by Crippen LogP contribution is 2.23. The number of nitrogen functional groups attached to an aromatic ring is 1. The minimum atomic E-state index is -0.558. The number of anilines is 1. The molecule has 0 saturated heterocycles. The van der Waals surface area contributed by atoms with Crippen molar-refractivity contribution >= 4 is 17.3 Å². The van der Waals surface area contributed by atoms with Crippen LogP contribution in [-0.4, -0.2) is 20.6 Å². The molecule has 0 bridgehead atoms. The quantitative estimate of drug-likeness (QED) is 0.502. The zero-order valence-electron chi connectivity index (χ0n) is 15.0. The summed E-state index contributed by atoms with van der Waals surface area (Å²) in [5, 5.41) is 18.2. The number of hydrogen-bond donors (Lipinski definition) is 2. The van der Waals surface area contributed by atoms with E-state index in [4.69, 9.17) is 5.73 Å². The predicted octanol–water partition coefficient (Wildman–Crippen LogP) is 2.93. The largest absolute Gasteiger partial charge is 0.398 e. The van der Waals surface area contributed by atoms with Crippen LogP contribution in [0.25, 0.3) is 0 Å². The van der Waals surface area contributed by atoms with Crippen molar-refractivity contribution in [3.05, 3.63) is 51.3 Å². The number of carbonyl (C=O) groups excluding carboxylic acids is 1. The summed E-state index contributed by atoms with van der Waals surface area (Å²) >= 11 is 0. The zero-order valence-corrected chi connectivity index (χ0v) is 15.0. The van der Waals surface area contributed by atoms with Gasteiger partial charge in [-0.1, -0.05) is 0 Å². The maximum absolute atomic E-state index is 12.5. The molecule has 0 unspecified atom stereocenters. The molecule has 0 aliphatic heterocycles. The van der Waals surface area contributed by atoms with Crippen molar-refractivity contribution in [2.45, 2.75) is 46.2 Å². The molecule has 134 valence electrons. The van der Waals surface area contributed by atoms with Gasteiger partial charge in [-0.05, 0) is 40.7 Å². The van der Waals surface area contributed by atoms with Gasteiger partial charge >= 0.3 is 0 Å². The number of amides is 1. The number of carbonyl (C=O) groups is 1. The third-order valence-corrected chi connectivity index (χ3v) is 3.93. The van der Waals surface area contributed by atoms with Crippen molar-refractivity contribution in [2.75, 3.05) is 5.73 Å². The molecule has 0 spiro atoms. The molecule has 0 aliphatic carbocycles. The molecule has 2 aromatic rings. The summed E-state index contributed by atoms with van der Waals surface area (Å²) in [5.41, 5.74) is 7.42. The van der Waals surface area contributed by atoms with E-state index in [2.05, 4.69) is 10.4 Å². The molecule has 1 amide bonds. The van der Waals surface area contributed by atoms with Gasteiger partial charge < -0.3 is 11.1 Å². The van der Waals surface area contributed by atoms with Crippen LogP contribution in [0.2, 0.25) is 0 Å². The van der Waals surface area contributed by atoms with Crippen molar-refractivity contribution in [3.8, 4) is 0 Å². The third kappa shape index (κ3) is 3.96. The molecular weight excluding hydrogens is 322 g/mol. The Bertz CT molecular complexity index is 820. The minimum absolute atomic E-state index is 0.0851. The Hall–Kier alpha value is -2.90. The first-order valence-corrected chi connectivity index (χ1v) is 7.92. The Labute approximate surface area is 146 Å². The van der Waals surface area contributed by atoms with Gasteiger partial charge in [-0.2, -0.15) is 5.10 Å². The van der Waals surface area contributed by atoms with E-state index in [0.717, 1.165) is 11.3 Å². The second-order valence-electron chi connectivity index (χ2n) is 7.01. The summed E-state index contributed by atoms with van der Waals surface area (Å²) in [7, 11) is 0. The minimum Gasteiger partial charge on any atom is -0.398 e. The van der Waals surface area contributed by atoms with E-state index in [-0.39, 0.29) is 28.5 Å². The average Bonchev–Trinajstić information content (AvgIpc) is 2.89. The van der Waals surface area contributed by atoms with Gasteiger partial charge in [0.2, 0.25) is 0 Å². The predicted molar refractivity (Wildman–Crippen MR) is 95.4 cm³/mol. The van der Waals surface area contributed by atoms with Crippen LogP contribution in [0.1, 0.15) is 55.4 Å². The fourth-order valence-electron chi connectivity index (χ4n) is 2.45. The molecule has 0 saturated carbocycles. The highest BCUT2D eigenvalue weighted by atomic mass is 16.6. The number of nitrogens with two attached hydrogens (primary N) is 1. The molecule has 8 nitrogen and oxygen atoms in total. The molecule has 1 heterocycles. The Balaban J connectivity index is 2.25. The lowest BCUT2D eigenvalue weighted by atomic mass is 10.1. The smallest absolute Gasteiger partial charge is 0.270 e. The average molecular weight is 345 g/mol. The number of nitrogens with one attached hydrogen (secondary N) is 1. The van der Waals surface area contributed by atoms with Gasteiger partial charge in [0.05, 0.1) is 27.8 Å². The standard InChI is InChI=1S/C17H23N5O3/c1-10(14-9-21(17(3,4)5)20-11(14)2)19-16(23)13-8-12(22(24)25)6-7-15(13)18/h6-10H,18H2,1-5H3,(H,19,23)/t10-/m1/s1. The van der Waals surface area contributed by atoms with E-state index in [1.165, 1.54) is 18.2 Å². The SMILES string of the molecule is Cc1nn(C(C)(C)C)cc1[C@@H](C)NC(=O)c1cc([N+](=O)[O-])ccc1N. The fourth-order valence-corrected chi connectivity index (χ4v) is 2.45. The lowest BCUT2D eigenvalue weighted by Crippen LogP contribution is -2.27. The molecule has 3 N–H and O–H groups in total. The van der Waals surface area contributed by atoms with E-state index in [1.54, 1.807) is 0 Å². The lowest BCUT2D eigenvalue weighted by molar-refractivity contribution is -0.384. The fraction of sp³-hybridized carbons (Fsp3) is 0.412. The van der Waals surface area contributed by atoms with Crippen molar-refractivity contribution < 1.29 is 9.72 Å². The first-order valence-electron chi connectivity index (χ1n) is 7.92. The second-order valence-corrected chi connectivity index (χ2v) is 7.01. The summed E-state index contributed by atoms with van der Waals surface area (Å²) in [6.45, 7) is 9.83. The number of nitro benzene ring substituents is 1. The number of nitrogens with zero attached hydrogens (tertiary/aromatic N) is 3. The normalized spacial score (nSPS) is 12.7. The van der Waals surface area contributed by atoms with Gasteiger partial charge in [0.1, 0.15) is 0 Å². The van der Waals surface area contributed by atoms with Crippen molar-refractivity contribution in [3.63, 3.8) is 0 Å². The zero-order chi connectivity index (χ0) is 18.9. The van der Waals surface area contributed by atoms with Gasteiger partial charge in [0.25, 0.3) is 11.6 Å². The molecular formula is C17H23N5O3. The van der Waals surface area contributed by atoms with E-state index in [9.17, 15) is 14.9 Å². The van der Waals surface area contributed by atoms with Crippen LogP contribution in [0.5, 0.6) is 0 Å². The number of rotatable bonds is 4. The maximum Gasteiger partial charge on any atom is 0.270 e. The molecule has 0 fully saturated rings. The molecule has 8 heteroatoms. The van der Waals surface area contributed by atoms with Crippen molar-refractivity contribution in [2.24, 2.45) is 0 Å². The van der Waals surface area contributed by atoms with Crippen LogP contribution in [0.4, 0.5) is 11.4 Å². The summed E-state index contributed by atoms with van der Waals surface area (Å²) in [5.74, 6) is -0.461.